The number of fused-ring (bicyclic) bond motifs is 3. The van der Waals surface area contributed by atoms with E-state index in [0.29, 0.717) is 16.7 Å². The Kier molecular flexibility index (Phi) is 8.62. The van der Waals surface area contributed by atoms with Crippen molar-refractivity contribution in [1.29, 1.82) is 0 Å². The van der Waals surface area contributed by atoms with E-state index >= 15 is 0 Å². The Morgan fingerprint density at radius 2 is 1.83 bits per heavy atom. The van der Waals surface area contributed by atoms with Crippen LogP contribution >= 0.6 is 0 Å². The molecule has 0 bridgehead atoms. The fourth-order valence-electron chi connectivity index (χ4n) is 7.33. The number of ether oxygens (including phenoxy) is 1. The van der Waals surface area contributed by atoms with Crippen LogP contribution in [0.15, 0.2) is 35.9 Å². The van der Waals surface area contributed by atoms with Crippen molar-refractivity contribution in [3.05, 3.63) is 52.6 Å². The Hall–Kier alpha value is -4.47. The number of nitrogens with one attached hydrogen (secondary N) is 1. The maximum absolute atomic E-state index is 14.0. The SMILES string of the molecule is CCOc1ccc(-c2ccc(O)c3c2C[C@@H]2C[C@@H]4C(N(C)C)C(O)C(C(N)=O)C(=O)[C@]4(O)C(=O)C2=C3O)cc1CNC(=O)C(F)(F)F. The van der Waals surface area contributed by atoms with Crippen molar-refractivity contribution in [2.45, 2.75) is 50.2 Å². The molecule has 2 fully saturated rings. The van der Waals surface area contributed by atoms with Crippen LogP contribution in [-0.4, -0.2) is 93.3 Å². The number of carbonyl (C=O) groups excluding carboxylic acids is 4. The number of nitrogens with zero attached hydrogens (tertiary/aromatic N) is 1. The highest BCUT2D eigenvalue weighted by molar-refractivity contribution is 6.25. The molecule has 2 aromatic rings. The molecule has 3 aliphatic rings. The summed E-state index contributed by atoms with van der Waals surface area (Å²) in [5.74, 6) is -10.6. The molecule has 0 heterocycles. The third-order valence-corrected chi connectivity index (χ3v) is 9.34. The molecule has 2 aromatic carbocycles. The number of phenolic OH excluding ortho intramolecular Hbond substituents is 1. The summed E-state index contributed by atoms with van der Waals surface area (Å²) in [5, 5.41) is 47.0. The molecule has 3 aliphatic carbocycles. The molecule has 3 unspecified atom stereocenters. The Bertz CT molecular complexity index is 1710. The van der Waals surface area contributed by atoms with Gasteiger partial charge >= 0.3 is 12.1 Å². The van der Waals surface area contributed by atoms with Crippen LogP contribution in [-0.2, 0) is 32.1 Å². The number of aromatic hydroxyl groups is 1. The number of ketones is 2. The van der Waals surface area contributed by atoms with Gasteiger partial charge in [0.05, 0.1) is 18.3 Å². The lowest BCUT2D eigenvalue weighted by atomic mass is 9.54. The minimum absolute atomic E-state index is 0.00775. The number of halogens is 3. The van der Waals surface area contributed by atoms with Gasteiger partial charge in [-0.15, -0.1) is 0 Å². The molecular formula is C32H34F3N3O9. The highest BCUT2D eigenvalue weighted by Crippen LogP contribution is 2.53. The van der Waals surface area contributed by atoms with Gasteiger partial charge in [0, 0.05) is 29.6 Å². The first-order valence-corrected chi connectivity index (χ1v) is 14.8. The number of benzene rings is 2. The standard InChI is InChI=1S/C32H34F3N3O9/c1-4-47-20-8-5-13(9-15(20)12-37-30(45)32(33,34)35)16-6-7-19(39)22-17(16)10-14-11-18-24(38(2)3)26(41)23(29(36)44)28(43)31(18,46)27(42)21(14)25(22)40/h5-9,14,18,23-24,26,39-41,46H,4,10-12H2,1-3H3,(H2,36,44)(H,37,45)/t14-,18-,23?,24?,26?,31-/m1/s1. The number of aliphatic hydroxyl groups is 3. The number of hydrogen-bond acceptors (Lipinski definition) is 10. The molecule has 0 radical (unpaired) electrons. The third kappa shape index (κ3) is 5.41. The smallest absolute Gasteiger partial charge is 0.471 e. The van der Waals surface area contributed by atoms with E-state index in [9.17, 15) is 52.8 Å². The Morgan fingerprint density at radius 3 is 2.43 bits per heavy atom. The number of alkyl halides is 3. The van der Waals surface area contributed by atoms with Crippen molar-refractivity contribution in [2.75, 3.05) is 20.7 Å². The lowest BCUT2D eigenvalue weighted by Crippen LogP contribution is -2.73. The summed E-state index contributed by atoms with van der Waals surface area (Å²) in [7, 11) is 3.09. The first kappa shape index (κ1) is 33.9. The van der Waals surface area contributed by atoms with E-state index in [2.05, 4.69) is 0 Å². The molecule has 0 aliphatic heterocycles. The molecule has 12 nitrogen and oxygen atoms in total. The van der Waals surface area contributed by atoms with E-state index < -0.39 is 83.1 Å². The van der Waals surface area contributed by atoms with Crippen LogP contribution in [0.3, 0.4) is 0 Å². The molecule has 0 saturated heterocycles. The van der Waals surface area contributed by atoms with Crippen LogP contribution in [0.5, 0.6) is 11.5 Å². The van der Waals surface area contributed by atoms with E-state index in [0.717, 1.165) is 0 Å². The molecule has 0 spiro atoms. The molecule has 6 atom stereocenters. The van der Waals surface area contributed by atoms with Crippen molar-refractivity contribution in [2.24, 2.45) is 23.5 Å². The fraction of sp³-hybridized carbons (Fsp3) is 0.438. The predicted molar refractivity (Wildman–Crippen MR) is 159 cm³/mol. The second-order valence-electron chi connectivity index (χ2n) is 12.2. The number of amides is 2. The largest absolute Gasteiger partial charge is 0.507 e. The maximum Gasteiger partial charge on any atom is 0.471 e. The van der Waals surface area contributed by atoms with Gasteiger partial charge in [-0.3, -0.25) is 19.2 Å². The van der Waals surface area contributed by atoms with Gasteiger partial charge < -0.3 is 41.1 Å². The molecular weight excluding hydrogens is 627 g/mol. The van der Waals surface area contributed by atoms with Crippen LogP contribution < -0.4 is 15.8 Å². The number of rotatable bonds is 7. The predicted octanol–water partition coefficient (Wildman–Crippen LogP) is 1.37. The van der Waals surface area contributed by atoms with E-state index in [1.54, 1.807) is 27.1 Å². The third-order valence-electron chi connectivity index (χ3n) is 9.34. The number of hydrogen-bond donors (Lipinski definition) is 6. The van der Waals surface area contributed by atoms with Gasteiger partial charge in [0.25, 0.3) is 0 Å². The number of nitrogens with two attached hydrogens (primary N) is 1. The molecule has 7 N–H and O–H groups in total. The highest BCUT2D eigenvalue weighted by Gasteiger charge is 2.67. The molecule has 2 amide bonds. The van der Waals surface area contributed by atoms with Crippen molar-refractivity contribution in [1.82, 2.24) is 10.2 Å². The first-order chi connectivity index (χ1) is 21.9. The van der Waals surface area contributed by atoms with Gasteiger partial charge in [0.15, 0.2) is 11.4 Å². The van der Waals surface area contributed by atoms with Crippen LogP contribution in [0.25, 0.3) is 16.9 Å². The molecule has 2 saturated carbocycles. The van der Waals surface area contributed by atoms with Crippen LogP contribution in [0.2, 0.25) is 0 Å². The number of Topliss-reactive ketones (excluding diaryl/α,β-unsaturated/α-hetero) is 2. The van der Waals surface area contributed by atoms with Gasteiger partial charge in [-0.25, -0.2) is 0 Å². The highest BCUT2D eigenvalue weighted by atomic mass is 19.4. The number of primary amides is 1. The lowest BCUT2D eigenvalue weighted by Gasteiger charge is -2.53. The summed E-state index contributed by atoms with van der Waals surface area (Å²) in [4.78, 5) is 52.8. The Balaban J connectivity index is 1.62. The Labute approximate surface area is 266 Å². The maximum atomic E-state index is 14.0. The molecule has 5 rings (SSSR count). The number of likely N-dealkylation sites (N-methyl/N-ethyl adjacent to an activating group) is 1. The van der Waals surface area contributed by atoms with E-state index in [-0.39, 0.29) is 41.9 Å². The zero-order valence-electron chi connectivity index (χ0n) is 25.6. The normalized spacial score (nSPS) is 27.2. The zero-order valence-corrected chi connectivity index (χ0v) is 25.6. The van der Waals surface area contributed by atoms with Gasteiger partial charge in [-0.1, -0.05) is 12.1 Å². The summed E-state index contributed by atoms with van der Waals surface area (Å²) in [6.45, 7) is 1.34. The summed E-state index contributed by atoms with van der Waals surface area (Å²) in [6.07, 6.45) is -6.82. The van der Waals surface area contributed by atoms with Gasteiger partial charge in [-0.2, -0.15) is 13.2 Å². The van der Waals surface area contributed by atoms with Crippen molar-refractivity contribution in [3.63, 3.8) is 0 Å². The zero-order chi connectivity index (χ0) is 34.7. The number of carbonyl (C=O) groups is 4. The van der Waals surface area contributed by atoms with Gasteiger partial charge in [0.1, 0.15) is 23.2 Å². The van der Waals surface area contributed by atoms with E-state index in [4.69, 9.17) is 10.5 Å². The average molecular weight is 662 g/mol. The van der Waals surface area contributed by atoms with Crippen LogP contribution in [0.1, 0.15) is 30.0 Å². The second-order valence-corrected chi connectivity index (χ2v) is 12.2. The first-order valence-electron chi connectivity index (χ1n) is 14.8. The monoisotopic (exact) mass is 661 g/mol. The minimum atomic E-state index is -5.10. The summed E-state index contributed by atoms with van der Waals surface area (Å²) >= 11 is 0. The van der Waals surface area contributed by atoms with Crippen molar-refractivity contribution >= 4 is 29.1 Å². The quantitative estimate of drug-likeness (QED) is 0.236. The lowest BCUT2D eigenvalue weighted by molar-refractivity contribution is -0.184. The van der Waals surface area contributed by atoms with Gasteiger partial charge in [0.2, 0.25) is 11.7 Å². The van der Waals surface area contributed by atoms with Crippen LogP contribution in [0, 0.1) is 17.8 Å². The second kappa shape index (κ2) is 12.0. The number of phenols is 1. The summed E-state index contributed by atoms with van der Waals surface area (Å²) in [6, 6.07) is 6.31. The molecule has 252 valence electrons. The van der Waals surface area contributed by atoms with E-state index in [1.165, 1.54) is 29.2 Å². The summed E-state index contributed by atoms with van der Waals surface area (Å²) < 4.78 is 44.2. The molecule has 15 heteroatoms. The topological polar surface area (TPSA) is 200 Å². The molecule has 0 aromatic heterocycles. The van der Waals surface area contributed by atoms with Crippen molar-refractivity contribution in [3.8, 4) is 22.6 Å². The van der Waals surface area contributed by atoms with Gasteiger partial charge in [-0.05, 0) is 74.7 Å². The minimum Gasteiger partial charge on any atom is -0.507 e. The van der Waals surface area contributed by atoms with E-state index in [1.807, 2.05) is 5.32 Å². The fourth-order valence-corrected chi connectivity index (χ4v) is 7.33. The summed E-state index contributed by atoms with van der Waals surface area (Å²) in [5.41, 5.74) is 3.57. The number of aliphatic hydroxyl groups excluding tert-OH is 2. The van der Waals surface area contributed by atoms with Crippen molar-refractivity contribution < 1.29 is 57.5 Å². The molecule has 47 heavy (non-hydrogen) atoms. The van der Waals surface area contributed by atoms with Crippen LogP contribution in [0.4, 0.5) is 13.2 Å². The Morgan fingerprint density at radius 1 is 1.15 bits per heavy atom. The average Bonchev–Trinajstić information content (AvgIpc) is 2.97.